The molecule has 3 N–H and O–H groups in total. The van der Waals surface area contributed by atoms with Gasteiger partial charge in [0, 0.05) is 16.7 Å². The van der Waals surface area contributed by atoms with Crippen LogP contribution in [0.5, 0.6) is 5.75 Å². The van der Waals surface area contributed by atoms with Gasteiger partial charge in [-0.05, 0) is 45.4 Å². The number of aromatic amines is 1. The number of H-pyrrole nitrogens is 1. The summed E-state index contributed by atoms with van der Waals surface area (Å²) in [7, 11) is -4.29. The summed E-state index contributed by atoms with van der Waals surface area (Å²) in [6.07, 6.45) is -3.27. The molecule has 1 aliphatic rings. The highest BCUT2D eigenvalue weighted by Crippen LogP contribution is 2.46. The lowest BCUT2D eigenvalue weighted by molar-refractivity contribution is -0.149. The standard InChI is InChI=1S/C22H29N6O9P/c1-12(2)35-21(31)14(4)26-38(33,37-15-8-6-5-7-9-15)34-11-16-18(29)17(25-27-23)20(36-16)28-10-13(3)19(30)24-22(28)32/h5-10,12,14,16-18,20,29H,11H2,1-4H3,(H,26,33)(H,24,30,32)/t14-,16+,17+,18+,20+,38?/m0/s1. The maximum absolute atomic E-state index is 13.7. The van der Waals surface area contributed by atoms with Gasteiger partial charge < -0.3 is 19.1 Å². The summed E-state index contributed by atoms with van der Waals surface area (Å²) >= 11 is 0. The number of para-hydroxylation sites is 1. The first-order valence-corrected chi connectivity index (χ1v) is 13.2. The molecule has 6 atom stereocenters. The molecule has 1 saturated heterocycles. The summed E-state index contributed by atoms with van der Waals surface area (Å²) < 4.78 is 36.6. The first-order chi connectivity index (χ1) is 17.9. The normalized spacial score (nSPS) is 23.3. The van der Waals surface area contributed by atoms with Crippen LogP contribution in [-0.4, -0.2) is 57.6 Å². The Morgan fingerprint density at radius 2 is 2.00 bits per heavy atom. The molecule has 1 aromatic carbocycles. The third kappa shape index (κ3) is 7.10. The van der Waals surface area contributed by atoms with Crippen LogP contribution >= 0.6 is 7.75 Å². The van der Waals surface area contributed by atoms with Gasteiger partial charge in [0.25, 0.3) is 5.56 Å². The zero-order valence-corrected chi connectivity index (χ0v) is 22.0. The van der Waals surface area contributed by atoms with Crippen molar-refractivity contribution < 1.29 is 33.0 Å². The first kappa shape index (κ1) is 29.1. The van der Waals surface area contributed by atoms with Crippen LogP contribution in [0.3, 0.4) is 0 Å². The topological polar surface area (TPSA) is 207 Å². The van der Waals surface area contributed by atoms with Crippen LogP contribution in [0.25, 0.3) is 10.4 Å². The van der Waals surface area contributed by atoms with E-state index in [1.54, 1.807) is 32.0 Å². The fraction of sp³-hybridized carbons (Fsp3) is 0.500. The maximum Gasteiger partial charge on any atom is 0.459 e. The summed E-state index contributed by atoms with van der Waals surface area (Å²) in [5.74, 6) is -0.533. The summed E-state index contributed by atoms with van der Waals surface area (Å²) in [5, 5.41) is 16.8. The highest BCUT2D eigenvalue weighted by molar-refractivity contribution is 7.52. The number of carbonyl (C=O) groups is 1. The second kappa shape index (κ2) is 12.4. The number of hydrogen-bond donors (Lipinski definition) is 3. The number of hydrogen-bond acceptors (Lipinski definition) is 10. The molecule has 0 saturated carbocycles. The monoisotopic (exact) mass is 552 g/mol. The number of ether oxygens (including phenoxy) is 2. The summed E-state index contributed by atoms with van der Waals surface area (Å²) in [4.78, 5) is 41.3. The molecule has 15 nitrogen and oxygen atoms in total. The van der Waals surface area contributed by atoms with E-state index in [0.29, 0.717) is 0 Å². The predicted octanol–water partition coefficient (Wildman–Crippen LogP) is 1.92. The van der Waals surface area contributed by atoms with E-state index in [0.717, 1.165) is 4.57 Å². The second-order valence-corrected chi connectivity index (χ2v) is 10.5. The molecule has 2 aromatic rings. The number of rotatable bonds is 11. The van der Waals surface area contributed by atoms with Crippen molar-refractivity contribution in [1.29, 1.82) is 0 Å². The van der Waals surface area contributed by atoms with Crippen molar-refractivity contribution in [1.82, 2.24) is 14.6 Å². The molecule has 1 aromatic heterocycles. The Hall–Kier alpha value is -3.45. The van der Waals surface area contributed by atoms with E-state index in [-0.39, 0.29) is 11.3 Å². The fourth-order valence-electron chi connectivity index (χ4n) is 3.56. The Kier molecular flexibility index (Phi) is 9.50. The molecule has 0 spiro atoms. The molecule has 16 heteroatoms. The predicted molar refractivity (Wildman–Crippen MR) is 133 cm³/mol. The van der Waals surface area contributed by atoms with Gasteiger partial charge in [0.2, 0.25) is 0 Å². The lowest BCUT2D eigenvalue weighted by Crippen LogP contribution is -2.38. The molecular weight excluding hydrogens is 523 g/mol. The lowest BCUT2D eigenvalue weighted by Gasteiger charge is -2.25. The molecule has 0 amide bonds. The summed E-state index contributed by atoms with van der Waals surface area (Å²) in [5.41, 5.74) is 7.71. The molecule has 1 aliphatic heterocycles. The van der Waals surface area contributed by atoms with E-state index in [1.807, 2.05) is 0 Å². The van der Waals surface area contributed by atoms with Crippen LogP contribution in [0.1, 0.15) is 32.6 Å². The third-order valence-electron chi connectivity index (χ3n) is 5.38. The van der Waals surface area contributed by atoms with Crippen LogP contribution in [0.2, 0.25) is 0 Å². The van der Waals surface area contributed by atoms with Crippen molar-refractivity contribution >= 4 is 13.7 Å². The SMILES string of the molecule is Cc1cn([C@@H]2O[C@H](COP(=O)(N[C@@H](C)C(=O)OC(C)C)Oc3ccccc3)[C@@H](O)[C@H]2N=[N+]=[N-])c(=O)[nH]c1=O. The number of azide groups is 1. The maximum atomic E-state index is 13.7. The number of nitrogens with zero attached hydrogens (tertiary/aromatic N) is 4. The lowest BCUT2D eigenvalue weighted by atomic mass is 10.1. The van der Waals surface area contributed by atoms with Gasteiger partial charge in [-0.2, -0.15) is 5.09 Å². The molecule has 1 fully saturated rings. The second-order valence-electron chi connectivity index (χ2n) is 8.76. The van der Waals surface area contributed by atoms with E-state index >= 15 is 0 Å². The molecule has 3 rings (SSSR count). The minimum Gasteiger partial charge on any atom is -0.462 e. The van der Waals surface area contributed by atoms with Crippen molar-refractivity contribution in [3.05, 3.63) is 73.4 Å². The molecule has 206 valence electrons. The molecule has 2 heterocycles. The molecule has 0 aliphatic carbocycles. The first-order valence-electron chi connectivity index (χ1n) is 11.6. The van der Waals surface area contributed by atoms with E-state index in [4.69, 9.17) is 24.1 Å². The van der Waals surface area contributed by atoms with E-state index in [1.165, 1.54) is 32.2 Å². The largest absolute Gasteiger partial charge is 0.462 e. The smallest absolute Gasteiger partial charge is 0.459 e. The van der Waals surface area contributed by atoms with Crippen molar-refractivity contribution in [3.63, 3.8) is 0 Å². The zero-order valence-electron chi connectivity index (χ0n) is 21.1. The summed E-state index contributed by atoms with van der Waals surface area (Å²) in [6.45, 7) is 5.62. The van der Waals surface area contributed by atoms with Gasteiger partial charge in [0.1, 0.15) is 30.2 Å². The van der Waals surface area contributed by atoms with Crippen molar-refractivity contribution in [2.45, 2.75) is 64.3 Å². The van der Waals surface area contributed by atoms with Gasteiger partial charge in [-0.15, -0.1) is 0 Å². The number of aliphatic hydroxyl groups is 1. The zero-order chi connectivity index (χ0) is 28.0. The highest BCUT2D eigenvalue weighted by Gasteiger charge is 2.46. The molecule has 0 bridgehead atoms. The van der Waals surface area contributed by atoms with Crippen molar-refractivity contribution in [2.24, 2.45) is 5.11 Å². The minimum absolute atomic E-state index is 0.167. The van der Waals surface area contributed by atoms with Crippen LogP contribution < -0.4 is 20.9 Å². The number of carbonyl (C=O) groups excluding carboxylic acids is 1. The number of nitrogens with one attached hydrogen (secondary N) is 2. The molecular formula is C22H29N6O9P. The highest BCUT2D eigenvalue weighted by atomic mass is 31.2. The Balaban J connectivity index is 1.84. The van der Waals surface area contributed by atoms with E-state index in [9.17, 15) is 24.1 Å². The van der Waals surface area contributed by atoms with E-state index < -0.39 is 68.2 Å². The number of aryl methyl sites for hydroxylation is 1. The number of aromatic nitrogens is 2. The summed E-state index contributed by atoms with van der Waals surface area (Å²) in [6, 6.07) is 5.64. The van der Waals surface area contributed by atoms with Crippen LogP contribution in [-0.2, 0) is 23.4 Å². The quantitative estimate of drug-likeness (QED) is 0.121. The minimum atomic E-state index is -4.29. The Labute approximate surface area is 216 Å². The molecule has 0 radical (unpaired) electrons. The van der Waals surface area contributed by atoms with Gasteiger partial charge in [-0.3, -0.25) is 23.7 Å². The van der Waals surface area contributed by atoms with Gasteiger partial charge in [-0.1, -0.05) is 23.3 Å². The van der Waals surface area contributed by atoms with Gasteiger partial charge in [0.15, 0.2) is 0 Å². The van der Waals surface area contributed by atoms with Crippen LogP contribution in [0.4, 0.5) is 0 Å². The van der Waals surface area contributed by atoms with E-state index in [2.05, 4.69) is 20.1 Å². The van der Waals surface area contributed by atoms with Gasteiger partial charge in [-0.25, -0.2) is 9.36 Å². The van der Waals surface area contributed by atoms with Crippen molar-refractivity contribution in [3.8, 4) is 5.75 Å². The number of benzene rings is 1. The number of esters is 1. The Morgan fingerprint density at radius 3 is 2.63 bits per heavy atom. The van der Waals surface area contributed by atoms with Gasteiger partial charge >= 0.3 is 19.4 Å². The van der Waals surface area contributed by atoms with Crippen LogP contribution in [0.15, 0.2) is 51.2 Å². The molecule has 38 heavy (non-hydrogen) atoms. The van der Waals surface area contributed by atoms with Gasteiger partial charge in [0.05, 0.1) is 18.8 Å². The third-order valence-corrected chi connectivity index (χ3v) is 7.02. The fourth-order valence-corrected chi connectivity index (χ4v) is 5.06. The Bertz CT molecular complexity index is 1340. The Morgan fingerprint density at radius 1 is 1.32 bits per heavy atom. The average molecular weight is 552 g/mol. The van der Waals surface area contributed by atoms with Crippen LogP contribution in [0, 0.1) is 6.92 Å². The average Bonchev–Trinajstić information content (AvgIpc) is 3.15. The number of aliphatic hydroxyl groups excluding tert-OH is 1. The van der Waals surface area contributed by atoms with Crippen molar-refractivity contribution in [2.75, 3.05) is 6.61 Å². The molecule has 1 unspecified atom stereocenters.